The number of nitrogens with one attached hydrogen (secondary N) is 1. The number of amides is 1. The van der Waals surface area contributed by atoms with Gasteiger partial charge in [0.1, 0.15) is 5.75 Å². The second-order valence-electron chi connectivity index (χ2n) is 4.82. The summed E-state index contributed by atoms with van der Waals surface area (Å²) >= 11 is 0. The second-order valence-corrected chi connectivity index (χ2v) is 4.82. The van der Waals surface area contributed by atoms with E-state index in [0.717, 1.165) is 0 Å². The van der Waals surface area contributed by atoms with Gasteiger partial charge in [-0.3, -0.25) is 4.79 Å². The van der Waals surface area contributed by atoms with Crippen molar-refractivity contribution in [1.29, 1.82) is 5.26 Å². The lowest BCUT2D eigenvalue weighted by atomic mass is 10.1. The molecule has 0 saturated heterocycles. The summed E-state index contributed by atoms with van der Waals surface area (Å²) in [6, 6.07) is 17.8. The fourth-order valence-corrected chi connectivity index (χ4v) is 1.96. The zero-order chi connectivity index (χ0) is 16.8. The van der Waals surface area contributed by atoms with Gasteiger partial charge in [-0.15, -0.1) is 0 Å². The van der Waals surface area contributed by atoms with Gasteiger partial charge in [-0.2, -0.15) is 5.26 Å². The van der Waals surface area contributed by atoms with E-state index in [9.17, 15) is 4.79 Å². The van der Waals surface area contributed by atoms with Crippen LogP contribution in [0.2, 0.25) is 0 Å². The molecule has 24 heavy (non-hydrogen) atoms. The van der Waals surface area contributed by atoms with E-state index in [4.69, 9.17) is 10.00 Å². The zero-order valence-corrected chi connectivity index (χ0v) is 12.5. The normalized spacial score (nSPS) is 9.79. The molecule has 0 aliphatic carbocycles. The molecule has 2 aromatic carbocycles. The van der Waals surface area contributed by atoms with Crippen LogP contribution >= 0.6 is 0 Å². The average Bonchev–Trinajstić information content (AvgIpc) is 2.64. The van der Waals surface area contributed by atoms with E-state index in [-0.39, 0.29) is 11.9 Å². The number of aromatic nitrogens is 2. The highest BCUT2D eigenvalue weighted by Gasteiger charge is 2.08. The summed E-state index contributed by atoms with van der Waals surface area (Å²) < 4.78 is 5.48. The van der Waals surface area contributed by atoms with Gasteiger partial charge >= 0.3 is 6.01 Å². The van der Waals surface area contributed by atoms with Gasteiger partial charge in [-0.05, 0) is 30.3 Å². The summed E-state index contributed by atoms with van der Waals surface area (Å²) in [5.41, 5.74) is 1.24. The molecule has 3 aromatic rings. The standard InChI is InChI=1S/C18H12N4O2/c19-10-13-5-4-6-14(9-13)17(23)22-15-11-20-18(21-12-15)24-16-7-2-1-3-8-16/h1-9,11-12H,(H,22,23). The number of rotatable bonds is 4. The first-order chi connectivity index (χ1) is 11.7. The van der Waals surface area contributed by atoms with Crippen molar-refractivity contribution in [2.45, 2.75) is 0 Å². The average molecular weight is 316 g/mol. The van der Waals surface area contributed by atoms with E-state index in [1.807, 2.05) is 24.3 Å². The molecule has 0 bridgehead atoms. The van der Waals surface area contributed by atoms with Crippen LogP contribution in [0, 0.1) is 11.3 Å². The van der Waals surface area contributed by atoms with Gasteiger partial charge in [0.2, 0.25) is 0 Å². The Balaban J connectivity index is 1.67. The Bertz CT molecular complexity index is 887. The summed E-state index contributed by atoms with van der Waals surface area (Å²) in [5, 5.41) is 11.5. The molecule has 6 nitrogen and oxygen atoms in total. The fourth-order valence-electron chi connectivity index (χ4n) is 1.96. The molecule has 0 aliphatic heterocycles. The van der Waals surface area contributed by atoms with Crippen molar-refractivity contribution in [3.8, 4) is 17.8 Å². The molecule has 3 rings (SSSR count). The number of benzene rings is 2. The third-order valence-electron chi connectivity index (χ3n) is 3.09. The number of anilines is 1. The molecular weight excluding hydrogens is 304 g/mol. The van der Waals surface area contributed by atoms with E-state index in [1.165, 1.54) is 18.5 Å². The van der Waals surface area contributed by atoms with Crippen LogP contribution in [0.25, 0.3) is 0 Å². The highest BCUT2D eigenvalue weighted by Crippen LogP contribution is 2.17. The maximum Gasteiger partial charge on any atom is 0.322 e. The van der Waals surface area contributed by atoms with Gasteiger partial charge in [-0.1, -0.05) is 24.3 Å². The highest BCUT2D eigenvalue weighted by molar-refractivity contribution is 6.04. The Morgan fingerprint density at radius 3 is 2.50 bits per heavy atom. The number of hydrogen-bond acceptors (Lipinski definition) is 5. The first-order valence-corrected chi connectivity index (χ1v) is 7.11. The van der Waals surface area contributed by atoms with Gasteiger partial charge in [0, 0.05) is 5.56 Å². The Kier molecular flexibility index (Phi) is 4.45. The van der Waals surface area contributed by atoms with Crippen molar-refractivity contribution in [1.82, 2.24) is 9.97 Å². The Labute approximate surface area is 138 Å². The SMILES string of the molecule is N#Cc1cccc(C(=O)Nc2cnc(Oc3ccccc3)nc2)c1. The molecular formula is C18H12N4O2. The third-order valence-corrected chi connectivity index (χ3v) is 3.09. The molecule has 0 radical (unpaired) electrons. The minimum atomic E-state index is -0.340. The molecule has 1 aromatic heterocycles. The van der Waals surface area contributed by atoms with Crippen LogP contribution in [0.15, 0.2) is 67.0 Å². The van der Waals surface area contributed by atoms with Crippen LogP contribution in [0.5, 0.6) is 11.8 Å². The van der Waals surface area contributed by atoms with Gasteiger partial charge in [0.15, 0.2) is 0 Å². The number of hydrogen-bond donors (Lipinski definition) is 1. The molecule has 0 saturated carbocycles. The summed E-state index contributed by atoms with van der Waals surface area (Å²) in [4.78, 5) is 20.3. The summed E-state index contributed by atoms with van der Waals surface area (Å²) in [6.07, 6.45) is 2.91. The van der Waals surface area contributed by atoms with Crippen LogP contribution in [-0.2, 0) is 0 Å². The predicted octanol–water partition coefficient (Wildman–Crippen LogP) is 3.39. The third kappa shape index (κ3) is 3.72. The maximum atomic E-state index is 12.2. The first kappa shape index (κ1) is 15.2. The van der Waals surface area contributed by atoms with Crippen molar-refractivity contribution in [2.75, 3.05) is 5.32 Å². The summed E-state index contributed by atoms with van der Waals surface area (Å²) in [7, 11) is 0. The second kappa shape index (κ2) is 7.03. The van der Waals surface area contributed by atoms with Gasteiger partial charge in [-0.25, -0.2) is 9.97 Å². The Morgan fingerprint density at radius 2 is 1.79 bits per heavy atom. The number of ether oxygens (including phenoxy) is 1. The molecule has 1 amide bonds. The quantitative estimate of drug-likeness (QED) is 0.797. The monoisotopic (exact) mass is 316 g/mol. The van der Waals surface area contributed by atoms with Crippen LogP contribution in [0.3, 0.4) is 0 Å². The smallest absolute Gasteiger partial charge is 0.322 e. The molecule has 0 spiro atoms. The Morgan fingerprint density at radius 1 is 1.04 bits per heavy atom. The van der Waals surface area contributed by atoms with Crippen molar-refractivity contribution >= 4 is 11.6 Å². The molecule has 6 heteroatoms. The number of nitrogens with zero attached hydrogens (tertiary/aromatic N) is 3. The van der Waals surface area contributed by atoms with Gasteiger partial charge in [0.25, 0.3) is 5.91 Å². The summed E-state index contributed by atoms with van der Waals surface area (Å²) in [6.45, 7) is 0. The fraction of sp³-hybridized carbons (Fsp3) is 0. The highest BCUT2D eigenvalue weighted by atomic mass is 16.5. The van der Waals surface area contributed by atoms with Crippen LogP contribution in [0.1, 0.15) is 15.9 Å². The largest absolute Gasteiger partial charge is 0.424 e. The number of para-hydroxylation sites is 1. The topological polar surface area (TPSA) is 87.9 Å². The molecule has 1 heterocycles. The lowest BCUT2D eigenvalue weighted by Gasteiger charge is -2.06. The van der Waals surface area contributed by atoms with E-state index >= 15 is 0 Å². The minimum Gasteiger partial charge on any atom is -0.424 e. The van der Waals surface area contributed by atoms with E-state index in [1.54, 1.807) is 30.3 Å². The Hall–Kier alpha value is -3.72. The zero-order valence-electron chi connectivity index (χ0n) is 12.5. The lowest BCUT2D eigenvalue weighted by Crippen LogP contribution is -2.12. The first-order valence-electron chi connectivity index (χ1n) is 7.11. The maximum absolute atomic E-state index is 12.2. The molecule has 0 atom stereocenters. The molecule has 116 valence electrons. The lowest BCUT2D eigenvalue weighted by molar-refractivity contribution is 0.102. The van der Waals surface area contributed by atoms with Gasteiger partial charge in [0.05, 0.1) is 29.7 Å². The molecule has 0 aliphatic rings. The van der Waals surface area contributed by atoms with E-state index in [2.05, 4.69) is 15.3 Å². The number of nitriles is 1. The summed E-state index contributed by atoms with van der Waals surface area (Å²) in [5.74, 6) is 0.287. The van der Waals surface area contributed by atoms with Crippen molar-refractivity contribution in [3.63, 3.8) is 0 Å². The van der Waals surface area contributed by atoms with Crippen molar-refractivity contribution in [2.24, 2.45) is 0 Å². The number of carbonyl (C=O) groups is 1. The van der Waals surface area contributed by atoms with Gasteiger partial charge < -0.3 is 10.1 Å². The van der Waals surface area contributed by atoms with Crippen LogP contribution < -0.4 is 10.1 Å². The van der Waals surface area contributed by atoms with Crippen molar-refractivity contribution in [3.05, 3.63) is 78.1 Å². The molecule has 0 unspecified atom stereocenters. The molecule has 1 N–H and O–H groups in total. The van der Waals surface area contributed by atoms with Crippen LogP contribution in [0.4, 0.5) is 5.69 Å². The number of carbonyl (C=O) groups excluding carboxylic acids is 1. The van der Waals surface area contributed by atoms with E-state index in [0.29, 0.717) is 22.6 Å². The predicted molar refractivity (Wildman–Crippen MR) is 87.7 cm³/mol. The minimum absolute atomic E-state index is 0.186. The van der Waals surface area contributed by atoms with Crippen LogP contribution in [-0.4, -0.2) is 15.9 Å². The molecule has 0 fully saturated rings. The van der Waals surface area contributed by atoms with E-state index < -0.39 is 0 Å². The van der Waals surface area contributed by atoms with Crippen molar-refractivity contribution < 1.29 is 9.53 Å².